The fourth-order valence-electron chi connectivity index (χ4n) is 3.95. The van der Waals surface area contributed by atoms with Crippen LogP contribution in [-0.4, -0.2) is 38.9 Å². The van der Waals surface area contributed by atoms with E-state index >= 15 is 0 Å². The molecule has 2 atom stereocenters. The van der Waals surface area contributed by atoms with E-state index in [1.54, 1.807) is 13.0 Å². The summed E-state index contributed by atoms with van der Waals surface area (Å²) in [5.74, 6) is -0.892. The van der Waals surface area contributed by atoms with Crippen LogP contribution in [-0.2, 0) is 0 Å². The number of carbonyl (C=O) groups is 1. The maximum atomic E-state index is 13.3. The van der Waals surface area contributed by atoms with Gasteiger partial charge in [0.15, 0.2) is 11.4 Å². The maximum Gasteiger partial charge on any atom is 0.275 e. The Morgan fingerprint density at radius 3 is 2.69 bits per heavy atom. The Kier molecular flexibility index (Phi) is 5.20. The highest BCUT2D eigenvalue weighted by Gasteiger charge is 2.34. The van der Waals surface area contributed by atoms with Gasteiger partial charge < -0.3 is 15.7 Å². The molecule has 0 saturated carbocycles. The van der Waals surface area contributed by atoms with Gasteiger partial charge in [-0.05, 0) is 56.4 Å². The van der Waals surface area contributed by atoms with Crippen LogP contribution in [0.15, 0.2) is 24.4 Å². The van der Waals surface area contributed by atoms with Crippen LogP contribution < -0.4 is 10.6 Å². The van der Waals surface area contributed by atoms with Crippen molar-refractivity contribution in [1.29, 1.82) is 0 Å². The van der Waals surface area contributed by atoms with Crippen molar-refractivity contribution in [3.05, 3.63) is 41.5 Å². The zero-order valence-electron chi connectivity index (χ0n) is 14.4. The molecule has 0 radical (unpaired) electrons. The van der Waals surface area contributed by atoms with E-state index in [0.717, 1.165) is 25.7 Å². The van der Waals surface area contributed by atoms with Gasteiger partial charge in [-0.15, -0.1) is 12.4 Å². The Balaban J connectivity index is 0.00000196. The number of fused-ring (bicyclic) bond motifs is 2. The van der Waals surface area contributed by atoms with Gasteiger partial charge in [0.1, 0.15) is 5.82 Å². The number of halogens is 2. The van der Waals surface area contributed by atoms with E-state index in [1.165, 1.54) is 23.0 Å². The van der Waals surface area contributed by atoms with Crippen molar-refractivity contribution < 1.29 is 14.3 Å². The summed E-state index contributed by atoms with van der Waals surface area (Å²) in [6.45, 7) is 1.75. The summed E-state index contributed by atoms with van der Waals surface area (Å²) >= 11 is 0. The Labute approximate surface area is 157 Å². The van der Waals surface area contributed by atoms with E-state index in [0.29, 0.717) is 23.3 Å². The third kappa shape index (κ3) is 3.54. The van der Waals surface area contributed by atoms with Crippen molar-refractivity contribution in [3.63, 3.8) is 0 Å². The molecule has 2 bridgehead atoms. The van der Waals surface area contributed by atoms with Gasteiger partial charge in [0, 0.05) is 18.1 Å². The molecular formula is C18H22ClFN4O2. The number of carbonyl (C=O) groups excluding carboxylic acids is 1. The summed E-state index contributed by atoms with van der Waals surface area (Å²) in [4.78, 5) is 12.5. The Bertz CT molecular complexity index is 814. The van der Waals surface area contributed by atoms with Gasteiger partial charge in [-0.1, -0.05) is 0 Å². The van der Waals surface area contributed by atoms with Crippen LogP contribution in [0.25, 0.3) is 5.69 Å². The third-order valence-electron chi connectivity index (χ3n) is 5.12. The molecule has 2 unspecified atom stereocenters. The van der Waals surface area contributed by atoms with Crippen LogP contribution >= 0.6 is 12.4 Å². The zero-order valence-corrected chi connectivity index (χ0v) is 15.2. The summed E-state index contributed by atoms with van der Waals surface area (Å²) < 4.78 is 14.7. The fourth-order valence-corrected chi connectivity index (χ4v) is 3.95. The summed E-state index contributed by atoms with van der Waals surface area (Å²) in [5, 5.41) is 20.9. The molecule has 2 aromatic rings. The average Bonchev–Trinajstić information content (AvgIpc) is 3.10. The lowest BCUT2D eigenvalue weighted by Crippen LogP contribution is -2.48. The highest BCUT2D eigenvalue weighted by atomic mass is 35.5. The van der Waals surface area contributed by atoms with Crippen LogP contribution in [0, 0.1) is 12.7 Å². The number of amides is 1. The van der Waals surface area contributed by atoms with Gasteiger partial charge in [0.2, 0.25) is 0 Å². The highest BCUT2D eigenvalue weighted by Crippen LogP contribution is 2.27. The van der Waals surface area contributed by atoms with Crippen molar-refractivity contribution in [2.45, 2.75) is 50.7 Å². The zero-order chi connectivity index (χ0) is 17.6. The lowest BCUT2D eigenvalue weighted by atomic mass is 10.00. The van der Waals surface area contributed by atoms with E-state index in [2.05, 4.69) is 15.7 Å². The van der Waals surface area contributed by atoms with E-state index in [9.17, 15) is 14.3 Å². The molecule has 2 saturated heterocycles. The molecule has 26 heavy (non-hydrogen) atoms. The number of piperidine rings is 1. The predicted molar refractivity (Wildman–Crippen MR) is 97.6 cm³/mol. The lowest BCUT2D eigenvalue weighted by molar-refractivity contribution is 0.0916. The molecule has 6 nitrogen and oxygen atoms in total. The molecule has 1 aromatic heterocycles. The smallest absolute Gasteiger partial charge is 0.275 e. The summed E-state index contributed by atoms with van der Waals surface area (Å²) in [6.07, 6.45) is 5.49. The highest BCUT2D eigenvalue weighted by molar-refractivity contribution is 5.95. The minimum absolute atomic E-state index is 0. The number of rotatable bonds is 3. The van der Waals surface area contributed by atoms with E-state index < -0.39 is 0 Å². The first kappa shape index (κ1) is 18.7. The second-order valence-corrected chi connectivity index (χ2v) is 7.02. The number of aryl methyl sites for hydroxylation is 1. The summed E-state index contributed by atoms with van der Waals surface area (Å²) in [5.41, 5.74) is 1.29. The number of nitrogens with zero attached hydrogens (tertiary/aromatic N) is 2. The minimum atomic E-state index is -0.373. The minimum Gasteiger partial charge on any atom is -0.504 e. The molecule has 2 aliphatic rings. The molecule has 0 spiro atoms. The van der Waals surface area contributed by atoms with Gasteiger partial charge in [0.05, 0.1) is 11.9 Å². The first-order chi connectivity index (χ1) is 12.0. The molecule has 1 amide bonds. The quantitative estimate of drug-likeness (QED) is 0.764. The Hall–Kier alpha value is -2.12. The fraction of sp³-hybridized carbons (Fsp3) is 0.444. The largest absolute Gasteiger partial charge is 0.504 e. The van der Waals surface area contributed by atoms with Crippen molar-refractivity contribution >= 4 is 18.3 Å². The van der Waals surface area contributed by atoms with E-state index in [1.807, 2.05) is 0 Å². The molecule has 140 valence electrons. The second-order valence-electron chi connectivity index (χ2n) is 7.02. The van der Waals surface area contributed by atoms with Crippen LogP contribution in [0.5, 0.6) is 5.75 Å². The van der Waals surface area contributed by atoms with Gasteiger partial charge in [-0.3, -0.25) is 4.79 Å². The lowest BCUT2D eigenvalue weighted by Gasteiger charge is -2.29. The van der Waals surface area contributed by atoms with Crippen molar-refractivity contribution in [1.82, 2.24) is 20.4 Å². The number of nitrogens with one attached hydrogen (secondary N) is 2. The normalized spacial score (nSPS) is 24.2. The molecule has 3 N–H and O–H groups in total. The predicted octanol–water partition coefficient (Wildman–Crippen LogP) is 2.46. The monoisotopic (exact) mass is 380 g/mol. The number of aromatic hydroxyl groups is 1. The standard InChI is InChI=1S/C18H21FN4O2.ClH/c1-10-6-11(19)2-5-15(10)23-9-16(24)17(22-23)18(25)21-14-7-12-3-4-13(8-14)20-12;/h2,5-6,9,12-14,20,24H,3-4,7-8H2,1H3,(H,21,25);1H. The van der Waals surface area contributed by atoms with Crippen molar-refractivity contribution in [2.24, 2.45) is 0 Å². The number of benzene rings is 1. The van der Waals surface area contributed by atoms with Gasteiger partial charge in [0.25, 0.3) is 5.91 Å². The number of aromatic nitrogens is 2. The van der Waals surface area contributed by atoms with Crippen molar-refractivity contribution in [3.8, 4) is 11.4 Å². The molecule has 1 aromatic carbocycles. The molecule has 2 fully saturated rings. The topological polar surface area (TPSA) is 79.2 Å². The third-order valence-corrected chi connectivity index (χ3v) is 5.12. The van der Waals surface area contributed by atoms with Gasteiger partial charge >= 0.3 is 0 Å². The molecule has 2 aliphatic heterocycles. The van der Waals surface area contributed by atoms with E-state index in [-0.39, 0.29) is 41.6 Å². The van der Waals surface area contributed by atoms with Gasteiger partial charge in [-0.2, -0.15) is 5.10 Å². The van der Waals surface area contributed by atoms with Gasteiger partial charge in [-0.25, -0.2) is 9.07 Å². The number of hydrogen-bond donors (Lipinski definition) is 3. The summed E-state index contributed by atoms with van der Waals surface area (Å²) in [6, 6.07) is 5.32. The van der Waals surface area contributed by atoms with Crippen LogP contribution in [0.4, 0.5) is 4.39 Å². The van der Waals surface area contributed by atoms with Crippen molar-refractivity contribution in [2.75, 3.05) is 0 Å². The molecular weight excluding hydrogens is 359 g/mol. The summed E-state index contributed by atoms with van der Waals surface area (Å²) in [7, 11) is 0. The molecule has 0 aliphatic carbocycles. The molecule has 8 heteroatoms. The van der Waals surface area contributed by atoms with Crippen LogP contribution in [0.1, 0.15) is 41.7 Å². The Morgan fingerprint density at radius 1 is 1.35 bits per heavy atom. The van der Waals surface area contributed by atoms with E-state index in [4.69, 9.17) is 0 Å². The Morgan fingerprint density at radius 2 is 2.04 bits per heavy atom. The molecule has 3 heterocycles. The second kappa shape index (κ2) is 7.25. The number of hydrogen-bond acceptors (Lipinski definition) is 4. The average molecular weight is 381 g/mol. The maximum absolute atomic E-state index is 13.3. The van der Waals surface area contributed by atoms with Crippen LogP contribution in [0.2, 0.25) is 0 Å². The SMILES string of the molecule is Cc1cc(F)ccc1-n1cc(O)c(C(=O)NC2CC3CCC(C2)N3)n1.Cl. The first-order valence-electron chi connectivity index (χ1n) is 8.61. The first-order valence-corrected chi connectivity index (χ1v) is 8.61. The van der Waals surface area contributed by atoms with Crippen LogP contribution in [0.3, 0.4) is 0 Å². The molecule has 4 rings (SSSR count).